The van der Waals surface area contributed by atoms with E-state index in [0.717, 1.165) is 5.56 Å². The number of aromatic nitrogens is 2. The molecule has 0 radical (unpaired) electrons. The smallest absolute Gasteiger partial charge is 0.325 e. The molecule has 1 atom stereocenters. The number of nitrogens with one attached hydrogen (secondary N) is 1. The van der Waals surface area contributed by atoms with Crippen molar-refractivity contribution in [2.24, 2.45) is 0 Å². The standard InChI is InChI=1S/C15H17N3O3/c1-10-8-13(21-9-12-6-4-3-5-7-12)18-15(16-10)17-11(2)14(19)20/h3-8,11H,9H2,1-2H3,(H,19,20)(H,16,17,18). The van der Waals surface area contributed by atoms with Crippen molar-refractivity contribution in [1.29, 1.82) is 0 Å². The third-order valence-electron chi connectivity index (χ3n) is 2.78. The van der Waals surface area contributed by atoms with Gasteiger partial charge in [-0.1, -0.05) is 30.3 Å². The summed E-state index contributed by atoms with van der Waals surface area (Å²) in [7, 11) is 0. The average molecular weight is 287 g/mol. The number of ether oxygens (including phenoxy) is 1. The second-order valence-electron chi connectivity index (χ2n) is 4.65. The first-order valence-electron chi connectivity index (χ1n) is 6.56. The Morgan fingerprint density at radius 1 is 1.33 bits per heavy atom. The fourth-order valence-electron chi connectivity index (χ4n) is 1.67. The summed E-state index contributed by atoms with van der Waals surface area (Å²) in [4.78, 5) is 19.1. The Labute approximate surface area is 122 Å². The van der Waals surface area contributed by atoms with Crippen LogP contribution in [0.25, 0.3) is 0 Å². The van der Waals surface area contributed by atoms with Crippen LogP contribution in [0.3, 0.4) is 0 Å². The van der Waals surface area contributed by atoms with Crippen LogP contribution in [0.1, 0.15) is 18.2 Å². The number of anilines is 1. The van der Waals surface area contributed by atoms with E-state index in [1.165, 1.54) is 6.92 Å². The molecule has 0 aliphatic carbocycles. The number of nitrogens with zero attached hydrogens (tertiary/aromatic N) is 2. The van der Waals surface area contributed by atoms with Crippen LogP contribution in [0, 0.1) is 6.92 Å². The summed E-state index contributed by atoms with van der Waals surface area (Å²) < 4.78 is 5.62. The molecule has 0 amide bonds. The van der Waals surface area contributed by atoms with E-state index in [1.807, 2.05) is 30.3 Å². The second-order valence-corrected chi connectivity index (χ2v) is 4.65. The molecule has 1 heterocycles. The van der Waals surface area contributed by atoms with Gasteiger partial charge in [-0.3, -0.25) is 4.79 Å². The summed E-state index contributed by atoms with van der Waals surface area (Å²) in [5.41, 5.74) is 1.73. The van der Waals surface area contributed by atoms with Crippen molar-refractivity contribution in [3.8, 4) is 5.88 Å². The molecule has 2 aromatic rings. The molecular formula is C15H17N3O3. The summed E-state index contributed by atoms with van der Waals surface area (Å²) in [5, 5.41) is 11.6. The number of carboxylic acids is 1. The van der Waals surface area contributed by atoms with Crippen molar-refractivity contribution in [3.63, 3.8) is 0 Å². The maximum absolute atomic E-state index is 10.8. The van der Waals surface area contributed by atoms with E-state index >= 15 is 0 Å². The number of aliphatic carboxylic acids is 1. The van der Waals surface area contributed by atoms with Crippen LogP contribution in [0.15, 0.2) is 36.4 Å². The van der Waals surface area contributed by atoms with Gasteiger partial charge in [0.15, 0.2) is 0 Å². The Morgan fingerprint density at radius 3 is 2.71 bits per heavy atom. The Morgan fingerprint density at radius 2 is 2.05 bits per heavy atom. The number of hydrogen-bond donors (Lipinski definition) is 2. The first-order chi connectivity index (χ1) is 10.0. The minimum atomic E-state index is -0.966. The van der Waals surface area contributed by atoms with Crippen molar-refractivity contribution < 1.29 is 14.6 Å². The fourth-order valence-corrected chi connectivity index (χ4v) is 1.67. The lowest BCUT2D eigenvalue weighted by atomic mass is 10.2. The zero-order chi connectivity index (χ0) is 15.2. The molecule has 0 aliphatic rings. The molecule has 1 aromatic heterocycles. The molecule has 2 N–H and O–H groups in total. The number of carboxylic acid groups (broad SMARTS) is 1. The van der Waals surface area contributed by atoms with Crippen LogP contribution < -0.4 is 10.1 Å². The molecule has 0 bridgehead atoms. The van der Waals surface area contributed by atoms with Gasteiger partial charge in [0.2, 0.25) is 11.8 Å². The van der Waals surface area contributed by atoms with Gasteiger partial charge in [-0.15, -0.1) is 0 Å². The van der Waals surface area contributed by atoms with Crippen LogP contribution in [-0.2, 0) is 11.4 Å². The first-order valence-corrected chi connectivity index (χ1v) is 6.56. The Bertz CT molecular complexity index is 617. The predicted molar refractivity (Wildman–Crippen MR) is 78.3 cm³/mol. The number of carbonyl (C=O) groups is 1. The van der Waals surface area contributed by atoms with Gasteiger partial charge in [0.05, 0.1) is 0 Å². The Hall–Kier alpha value is -2.63. The lowest BCUT2D eigenvalue weighted by Gasteiger charge is -2.11. The van der Waals surface area contributed by atoms with Crippen molar-refractivity contribution in [2.45, 2.75) is 26.5 Å². The van der Waals surface area contributed by atoms with Crippen LogP contribution >= 0.6 is 0 Å². The molecule has 1 aromatic carbocycles. The zero-order valence-electron chi connectivity index (χ0n) is 11.9. The SMILES string of the molecule is Cc1cc(OCc2ccccc2)nc(NC(C)C(=O)O)n1. The highest BCUT2D eigenvalue weighted by atomic mass is 16.5. The molecule has 0 spiro atoms. The molecule has 0 saturated heterocycles. The molecule has 6 nitrogen and oxygen atoms in total. The minimum Gasteiger partial charge on any atom is -0.480 e. The number of benzene rings is 1. The van der Waals surface area contributed by atoms with Gasteiger partial charge < -0.3 is 15.2 Å². The van der Waals surface area contributed by atoms with E-state index in [2.05, 4.69) is 15.3 Å². The maximum atomic E-state index is 10.8. The molecule has 1 unspecified atom stereocenters. The monoisotopic (exact) mass is 287 g/mol. The molecule has 21 heavy (non-hydrogen) atoms. The van der Waals surface area contributed by atoms with Gasteiger partial charge >= 0.3 is 5.97 Å². The Balaban J connectivity index is 2.06. The van der Waals surface area contributed by atoms with E-state index < -0.39 is 12.0 Å². The topological polar surface area (TPSA) is 84.3 Å². The summed E-state index contributed by atoms with van der Waals surface area (Å²) in [6.45, 7) is 3.72. The van der Waals surface area contributed by atoms with Gasteiger partial charge in [0.1, 0.15) is 12.6 Å². The zero-order valence-corrected chi connectivity index (χ0v) is 11.9. The van der Waals surface area contributed by atoms with Crippen LogP contribution in [0.2, 0.25) is 0 Å². The molecule has 6 heteroatoms. The lowest BCUT2D eigenvalue weighted by Crippen LogP contribution is -2.26. The van der Waals surface area contributed by atoms with Gasteiger partial charge in [-0.05, 0) is 19.4 Å². The van der Waals surface area contributed by atoms with E-state index in [1.54, 1.807) is 13.0 Å². The van der Waals surface area contributed by atoms with Gasteiger partial charge in [-0.2, -0.15) is 4.98 Å². The highest BCUT2D eigenvalue weighted by Crippen LogP contribution is 2.14. The molecular weight excluding hydrogens is 270 g/mol. The normalized spacial score (nSPS) is 11.7. The van der Waals surface area contributed by atoms with E-state index in [9.17, 15) is 4.79 Å². The quantitative estimate of drug-likeness (QED) is 0.847. The molecule has 0 aliphatic heterocycles. The highest BCUT2D eigenvalue weighted by molar-refractivity contribution is 5.75. The summed E-state index contributed by atoms with van der Waals surface area (Å²) in [6.07, 6.45) is 0. The highest BCUT2D eigenvalue weighted by Gasteiger charge is 2.12. The average Bonchev–Trinajstić information content (AvgIpc) is 2.45. The lowest BCUT2D eigenvalue weighted by molar-refractivity contribution is -0.137. The van der Waals surface area contributed by atoms with E-state index in [-0.39, 0.29) is 5.95 Å². The van der Waals surface area contributed by atoms with Crippen LogP contribution in [-0.4, -0.2) is 27.1 Å². The molecule has 0 fully saturated rings. The van der Waals surface area contributed by atoms with Gasteiger partial charge in [0.25, 0.3) is 0 Å². The minimum absolute atomic E-state index is 0.243. The van der Waals surface area contributed by atoms with Gasteiger partial charge in [0, 0.05) is 11.8 Å². The number of aryl methyl sites for hydroxylation is 1. The summed E-state index contributed by atoms with van der Waals surface area (Å²) >= 11 is 0. The maximum Gasteiger partial charge on any atom is 0.325 e. The predicted octanol–water partition coefficient (Wildman–Crippen LogP) is 2.25. The molecule has 2 rings (SSSR count). The molecule has 0 saturated carbocycles. The van der Waals surface area contributed by atoms with E-state index in [0.29, 0.717) is 18.2 Å². The number of hydrogen-bond acceptors (Lipinski definition) is 5. The van der Waals surface area contributed by atoms with Gasteiger partial charge in [-0.25, -0.2) is 4.98 Å². The third kappa shape index (κ3) is 4.45. The second kappa shape index (κ2) is 6.69. The van der Waals surface area contributed by atoms with Crippen LogP contribution in [0.4, 0.5) is 5.95 Å². The summed E-state index contributed by atoms with van der Waals surface area (Å²) in [5.74, 6) is -0.314. The van der Waals surface area contributed by atoms with Crippen molar-refractivity contribution >= 4 is 11.9 Å². The summed E-state index contributed by atoms with van der Waals surface area (Å²) in [6, 6.07) is 10.7. The molecule has 110 valence electrons. The largest absolute Gasteiger partial charge is 0.480 e. The Kier molecular flexibility index (Phi) is 4.71. The third-order valence-corrected chi connectivity index (χ3v) is 2.78. The van der Waals surface area contributed by atoms with Crippen molar-refractivity contribution in [3.05, 3.63) is 47.7 Å². The first kappa shape index (κ1) is 14.8. The van der Waals surface area contributed by atoms with Crippen molar-refractivity contribution in [1.82, 2.24) is 9.97 Å². The van der Waals surface area contributed by atoms with E-state index in [4.69, 9.17) is 9.84 Å². The fraction of sp³-hybridized carbons (Fsp3) is 0.267. The van der Waals surface area contributed by atoms with Crippen LogP contribution in [0.5, 0.6) is 5.88 Å². The van der Waals surface area contributed by atoms with Crippen molar-refractivity contribution in [2.75, 3.05) is 5.32 Å². The number of rotatable bonds is 6.